The maximum absolute atomic E-state index is 10.4. The molecule has 7 nitrogen and oxygen atoms in total. The molecule has 15 heavy (non-hydrogen) atoms. The minimum absolute atomic E-state index is 0.311. The van der Waals surface area contributed by atoms with Crippen LogP contribution in [0.2, 0.25) is 0 Å². The molecule has 0 saturated carbocycles. The summed E-state index contributed by atoms with van der Waals surface area (Å²) in [5, 5.41) is 14.4. The quantitative estimate of drug-likeness (QED) is 0.589. The topological polar surface area (TPSA) is 100 Å². The number of aryl methyl sites for hydroxylation is 1. The predicted molar refractivity (Wildman–Crippen MR) is 52.0 cm³/mol. The van der Waals surface area contributed by atoms with E-state index in [0.29, 0.717) is 17.3 Å². The second kappa shape index (κ2) is 3.12. The summed E-state index contributed by atoms with van der Waals surface area (Å²) in [7, 11) is 1.68. The molecular weight excluding hydrogens is 200 g/mol. The molecular formula is C8H8N4O3. The Bertz CT molecular complexity index is 494. The lowest BCUT2D eigenvalue weighted by Crippen LogP contribution is -1.96. The summed E-state index contributed by atoms with van der Waals surface area (Å²) in [5.74, 6) is 0.479. The molecule has 0 aliphatic carbocycles. The lowest BCUT2D eigenvalue weighted by atomic mass is 10.3. The number of aromatic nitrogens is 2. The second-order valence-electron chi connectivity index (χ2n) is 2.97. The molecule has 2 aromatic rings. The number of hydrogen-bond acceptors (Lipinski definition) is 5. The van der Waals surface area contributed by atoms with Gasteiger partial charge in [0.25, 0.3) is 0 Å². The van der Waals surface area contributed by atoms with Crippen LogP contribution in [0.5, 0.6) is 0 Å². The first-order chi connectivity index (χ1) is 7.08. The first-order valence-electron chi connectivity index (χ1n) is 4.12. The third-order valence-corrected chi connectivity index (χ3v) is 1.94. The van der Waals surface area contributed by atoms with Crippen LogP contribution in [0.15, 0.2) is 22.6 Å². The molecule has 0 aliphatic rings. The minimum atomic E-state index is -0.601. The summed E-state index contributed by atoms with van der Waals surface area (Å²) in [4.78, 5) is 9.78. The van der Waals surface area contributed by atoms with Crippen LogP contribution >= 0.6 is 0 Å². The van der Waals surface area contributed by atoms with E-state index >= 15 is 0 Å². The molecule has 2 aromatic heterocycles. The molecule has 0 amide bonds. The molecule has 0 unspecified atom stereocenters. The van der Waals surface area contributed by atoms with E-state index in [1.807, 2.05) is 0 Å². The molecule has 2 N–H and O–H groups in total. The van der Waals surface area contributed by atoms with Gasteiger partial charge in [0, 0.05) is 13.1 Å². The number of nitro groups is 1. The zero-order chi connectivity index (χ0) is 11.0. The van der Waals surface area contributed by atoms with Gasteiger partial charge in [-0.2, -0.15) is 5.10 Å². The van der Waals surface area contributed by atoms with Crippen molar-refractivity contribution in [3.05, 3.63) is 28.3 Å². The van der Waals surface area contributed by atoms with E-state index in [9.17, 15) is 10.1 Å². The highest BCUT2D eigenvalue weighted by molar-refractivity contribution is 5.57. The van der Waals surface area contributed by atoms with Gasteiger partial charge in [-0.05, 0) is 6.07 Å². The van der Waals surface area contributed by atoms with Gasteiger partial charge in [-0.1, -0.05) is 0 Å². The van der Waals surface area contributed by atoms with Crippen LogP contribution in [-0.4, -0.2) is 14.7 Å². The average Bonchev–Trinajstić information content (AvgIpc) is 2.74. The van der Waals surface area contributed by atoms with E-state index in [1.54, 1.807) is 13.1 Å². The zero-order valence-electron chi connectivity index (χ0n) is 7.88. The van der Waals surface area contributed by atoms with Crippen molar-refractivity contribution in [2.24, 2.45) is 7.05 Å². The van der Waals surface area contributed by atoms with Crippen molar-refractivity contribution in [2.45, 2.75) is 0 Å². The fourth-order valence-corrected chi connectivity index (χ4v) is 1.17. The number of anilines is 1. The van der Waals surface area contributed by atoms with Crippen LogP contribution in [0.3, 0.4) is 0 Å². The van der Waals surface area contributed by atoms with Crippen LogP contribution in [0.4, 0.5) is 11.7 Å². The van der Waals surface area contributed by atoms with Gasteiger partial charge >= 0.3 is 5.88 Å². The third kappa shape index (κ3) is 1.54. The highest BCUT2D eigenvalue weighted by Gasteiger charge is 2.15. The van der Waals surface area contributed by atoms with Gasteiger partial charge < -0.3 is 10.2 Å². The molecule has 0 aliphatic heterocycles. The molecule has 7 heteroatoms. The second-order valence-corrected chi connectivity index (χ2v) is 2.97. The van der Waals surface area contributed by atoms with Crippen molar-refractivity contribution < 1.29 is 9.34 Å². The summed E-state index contributed by atoms with van der Waals surface area (Å²) in [5.41, 5.74) is 6.04. The Morgan fingerprint density at radius 2 is 2.33 bits per heavy atom. The molecule has 0 saturated heterocycles. The smallest absolute Gasteiger partial charge is 0.399 e. The van der Waals surface area contributed by atoms with E-state index in [-0.39, 0.29) is 5.88 Å². The number of nitrogens with two attached hydrogens (primary N) is 1. The van der Waals surface area contributed by atoms with Crippen LogP contribution in [-0.2, 0) is 7.05 Å². The summed E-state index contributed by atoms with van der Waals surface area (Å²) < 4.78 is 6.43. The molecule has 78 valence electrons. The predicted octanol–water partition coefficient (Wildman–Crippen LogP) is 1.17. The lowest BCUT2D eigenvalue weighted by molar-refractivity contribution is -0.401. The largest absolute Gasteiger partial charge is 0.433 e. The number of nitrogens with zero attached hydrogens (tertiary/aromatic N) is 3. The molecule has 2 rings (SSSR count). The average molecular weight is 208 g/mol. The van der Waals surface area contributed by atoms with Gasteiger partial charge in [-0.25, -0.2) is 0 Å². The summed E-state index contributed by atoms with van der Waals surface area (Å²) >= 11 is 0. The van der Waals surface area contributed by atoms with E-state index < -0.39 is 4.92 Å². The Balaban J connectivity index is 2.41. The Hall–Kier alpha value is -2.31. The molecule has 2 heterocycles. The summed E-state index contributed by atoms with van der Waals surface area (Å²) in [6.45, 7) is 0. The van der Waals surface area contributed by atoms with Gasteiger partial charge in [0.05, 0.1) is 6.07 Å². The monoisotopic (exact) mass is 208 g/mol. The Morgan fingerprint density at radius 1 is 1.60 bits per heavy atom. The zero-order valence-corrected chi connectivity index (χ0v) is 7.88. The molecule has 0 radical (unpaired) electrons. The first kappa shape index (κ1) is 9.25. The first-order valence-corrected chi connectivity index (χ1v) is 4.12. The highest BCUT2D eigenvalue weighted by atomic mass is 16.6. The van der Waals surface area contributed by atoms with Crippen molar-refractivity contribution in [3.8, 4) is 11.5 Å². The van der Waals surface area contributed by atoms with Gasteiger partial charge in [0.2, 0.25) is 0 Å². The van der Waals surface area contributed by atoms with E-state index in [4.69, 9.17) is 10.2 Å². The number of furan rings is 1. The number of rotatable bonds is 2. The van der Waals surface area contributed by atoms with Crippen LogP contribution < -0.4 is 5.73 Å². The maximum Gasteiger partial charge on any atom is 0.433 e. The molecule has 0 atom stereocenters. The Labute approximate surface area is 84.2 Å². The standard InChI is InChI=1S/C8H8N4O3/c1-11-7(9)4-5(10-11)6-2-3-8(15-6)12(13)14/h2-4H,9H2,1H3. The highest BCUT2D eigenvalue weighted by Crippen LogP contribution is 2.25. The van der Waals surface area contributed by atoms with Gasteiger partial charge in [-0.15, -0.1) is 0 Å². The SMILES string of the molecule is Cn1nc(-c2ccc([N+](=O)[O-])o2)cc1N. The molecule has 0 spiro atoms. The van der Waals surface area contributed by atoms with Gasteiger partial charge in [0.1, 0.15) is 16.4 Å². The fraction of sp³-hybridized carbons (Fsp3) is 0.125. The fourth-order valence-electron chi connectivity index (χ4n) is 1.17. The van der Waals surface area contributed by atoms with E-state index in [1.165, 1.54) is 16.8 Å². The molecule has 0 fully saturated rings. The van der Waals surface area contributed by atoms with Crippen molar-refractivity contribution in [2.75, 3.05) is 5.73 Å². The van der Waals surface area contributed by atoms with Crippen molar-refractivity contribution in [1.29, 1.82) is 0 Å². The van der Waals surface area contributed by atoms with Crippen molar-refractivity contribution in [1.82, 2.24) is 9.78 Å². The number of hydrogen-bond donors (Lipinski definition) is 1. The third-order valence-electron chi connectivity index (χ3n) is 1.94. The lowest BCUT2D eigenvalue weighted by Gasteiger charge is -1.89. The van der Waals surface area contributed by atoms with E-state index in [2.05, 4.69) is 5.10 Å². The molecule has 0 aromatic carbocycles. The van der Waals surface area contributed by atoms with Crippen LogP contribution in [0.1, 0.15) is 0 Å². The van der Waals surface area contributed by atoms with Crippen LogP contribution in [0.25, 0.3) is 11.5 Å². The van der Waals surface area contributed by atoms with Gasteiger partial charge in [0.15, 0.2) is 5.76 Å². The van der Waals surface area contributed by atoms with E-state index in [0.717, 1.165) is 0 Å². The maximum atomic E-state index is 10.4. The Morgan fingerprint density at radius 3 is 2.80 bits per heavy atom. The summed E-state index contributed by atoms with van der Waals surface area (Å²) in [6, 6.07) is 4.35. The number of nitrogen functional groups attached to an aromatic ring is 1. The summed E-state index contributed by atoms with van der Waals surface area (Å²) in [6.07, 6.45) is 0. The van der Waals surface area contributed by atoms with Crippen LogP contribution in [0, 0.1) is 10.1 Å². The minimum Gasteiger partial charge on any atom is -0.399 e. The van der Waals surface area contributed by atoms with Crippen molar-refractivity contribution >= 4 is 11.7 Å². The van der Waals surface area contributed by atoms with Crippen molar-refractivity contribution in [3.63, 3.8) is 0 Å². The normalized spacial score (nSPS) is 10.5. The van der Waals surface area contributed by atoms with Gasteiger partial charge in [-0.3, -0.25) is 14.8 Å². The molecule has 0 bridgehead atoms. The Kier molecular flexibility index (Phi) is 1.93.